The lowest BCUT2D eigenvalue weighted by atomic mass is 10.0. The average molecular weight is 286 g/mol. The summed E-state index contributed by atoms with van der Waals surface area (Å²) in [6.45, 7) is 6.98. The van der Waals surface area contributed by atoms with Crippen molar-refractivity contribution in [3.05, 3.63) is 0 Å². The van der Waals surface area contributed by atoms with Gasteiger partial charge in [-0.25, -0.2) is 0 Å². The second kappa shape index (κ2) is 9.32. The molecule has 0 aromatic carbocycles. The molecule has 2 unspecified atom stereocenters. The van der Waals surface area contributed by atoms with Crippen LogP contribution in [0.15, 0.2) is 0 Å². The lowest BCUT2D eigenvalue weighted by molar-refractivity contribution is -0.125. The van der Waals surface area contributed by atoms with Gasteiger partial charge in [-0.05, 0) is 19.3 Å². The number of methoxy groups -OCH3 is 1. The number of nitrogens with one attached hydrogen (secondary N) is 1. The summed E-state index contributed by atoms with van der Waals surface area (Å²) in [6, 6.07) is 0.289. The summed E-state index contributed by atoms with van der Waals surface area (Å²) in [4.78, 5) is 14.2. The Kier molecular flexibility index (Phi) is 8.11. The van der Waals surface area contributed by atoms with E-state index in [0.29, 0.717) is 13.2 Å². The van der Waals surface area contributed by atoms with Crippen molar-refractivity contribution in [1.29, 1.82) is 0 Å². The van der Waals surface area contributed by atoms with E-state index in [0.717, 1.165) is 38.8 Å². The number of nitrogens with zero attached hydrogens (tertiary/aromatic N) is 1. The highest BCUT2D eigenvalue weighted by Crippen LogP contribution is 2.13. The Hall–Kier alpha value is -0.650. The van der Waals surface area contributed by atoms with Gasteiger partial charge < -0.3 is 20.1 Å². The number of carbonyl (C=O) groups excluding carboxylic acids is 1. The van der Waals surface area contributed by atoms with Crippen molar-refractivity contribution in [3.8, 4) is 0 Å². The monoisotopic (exact) mass is 286 g/mol. The number of aliphatic hydroxyl groups is 1. The summed E-state index contributed by atoms with van der Waals surface area (Å²) in [5, 5.41) is 12.9. The van der Waals surface area contributed by atoms with Crippen LogP contribution < -0.4 is 5.32 Å². The first-order chi connectivity index (χ1) is 9.56. The molecule has 1 heterocycles. The topological polar surface area (TPSA) is 61.8 Å². The summed E-state index contributed by atoms with van der Waals surface area (Å²) in [5.41, 5.74) is 0. The lowest BCUT2D eigenvalue weighted by Crippen LogP contribution is -2.47. The van der Waals surface area contributed by atoms with E-state index in [2.05, 4.69) is 17.1 Å². The maximum Gasteiger partial charge on any atom is 0.223 e. The van der Waals surface area contributed by atoms with Crippen LogP contribution in [0.1, 0.15) is 39.5 Å². The predicted molar refractivity (Wildman–Crippen MR) is 79.6 cm³/mol. The van der Waals surface area contributed by atoms with Gasteiger partial charge in [0.1, 0.15) is 0 Å². The van der Waals surface area contributed by atoms with Crippen LogP contribution in [0.3, 0.4) is 0 Å². The van der Waals surface area contributed by atoms with Crippen molar-refractivity contribution in [3.63, 3.8) is 0 Å². The fourth-order valence-electron chi connectivity index (χ4n) is 2.71. The molecule has 5 heteroatoms. The Labute approximate surface area is 122 Å². The number of rotatable bonds is 8. The highest BCUT2D eigenvalue weighted by molar-refractivity contribution is 5.78. The third kappa shape index (κ3) is 6.20. The van der Waals surface area contributed by atoms with Crippen molar-refractivity contribution in [2.45, 2.75) is 51.7 Å². The molecule has 118 valence electrons. The van der Waals surface area contributed by atoms with Gasteiger partial charge >= 0.3 is 0 Å². The third-order valence-corrected chi connectivity index (χ3v) is 3.93. The molecule has 1 amide bonds. The quantitative estimate of drug-likeness (QED) is 0.699. The second-order valence-corrected chi connectivity index (χ2v) is 5.88. The van der Waals surface area contributed by atoms with E-state index >= 15 is 0 Å². The number of ether oxygens (including phenoxy) is 1. The number of piperidine rings is 1. The van der Waals surface area contributed by atoms with Crippen LogP contribution in [0.4, 0.5) is 0 Å². The maximum atomic E-state index is 12.0. The first kappa shape index (κ1) is 17.4. The van der Waals surface area contributed by atoms with Gasteiger partial charge in [0.15, 0.2) is 0 Å². The van der Waals surface area contributed by atoms with Crippen molar-refractivity contribution in [2.75, 3.05) is 33.4 Å². The van der Waals surface area contributed by atoms with Crippen molar-refractivity contribution < 1.29 is 14.6 Å². The van der Waals surface area contributed by atoms with E-state index in [1.807, 2.05) is 6.92 Å². The summed E-state index contributed by atoms with van der Waals surface area (Å²) in [5.74, 6) is 0.297. The van der Waals surface area contributed by atoms with Crippen LogP contribution in [0.25, 0.3) is 0 Å². The molecule has 1 aliphatic rings. The van der Waals surface area contributed by atoms with Gasteiger partial charge in [-0.15, -0.1) is 0 Å². The van der Waals surface area contributed by atoms with Gasteiger partial charge in [0.2, 0.25) is 5.91 Å². The van der Waals surface area contributed by atoms with Crippen molar-refractivity contribution >= 4 is 5.91 Å². The number of amides is 1. The van der Waals surface area contributed by atoms with Crippen LogP contribution in [0.5, 0.6) is 0 Å². The predicted octanol–water partition coefficient (Wildman–Crippen LogP) is 1.01. The number of hydrogen-bond donors (Lipinski definition) is 2. The Morgan fingerprint density at radius 3 is 2.65 bits per heavy atom. The smallest absolute Gasteiger partial charge is 0.223 e. The van der Waals surface area contributed by atoms with E-state index in [4.69, 9.17) is 4.74 Å². The number of aliphatic hydroxyl groups excluding tert-OH is 1. The van der Waals surface area contributed by atoms with Crippen molar-refractivity contribution in [2.24, 2.45) is 5.92 Å². The first-order valence-corrected chi connectivity index (χ1v) is 7.76. The highest BCUT2D eigenvalue weighted by Gasteiger charge is 2.23. The third-order valence-electron chi connectivity index (χ3n) is 3.93. The average Bonchev–Trinajstić information content (AvgIpc) is 2.41. The minimum atomic E-state index is -0.421. The zero-order chi connectivity index (χ0) is 15.0. The van der Waals surface area contributed by atoms with Crippen LogP contribution in [-0.2, 0) is 9.53 Å². The van der Waals surface area contributed by atoms with Gasteiger partial charge in [0.25, 0.3) is 0 Å². The number of β-amino-alcohol motifs (C(OH)–C–C–N with tert-alkyl or cyclic N) is 1. The van der Waals surface area contributed by atoms with E-state index in [-0.39, 0.29) is 17.9 Å². The van der Waals surface area contributed by atoms with Crippen LogP contribution in [-0.4, -0.2) is 61.4 Å². The van der Waals surface area contributed by atoms with E-state index < -0.39 is 6.10 Å². The SMILES string of the molecule is CCCC(C)C(=O)NC1CCN(CC(O)COC)CC1. The fraction of sp³-hybridized carbons (Fsp3) is 0.933. The van der Waals surface area contributed by atoms with Crippen LogP contribution in [0.2, 0.25) is 0 Å². The highest BCUT2D eigenvalue weighted by atomic mass is 16.5. The van der Waals surface area contributed by atoms with E-state index in [1.165, 1.54) is 0 Å². The molecule has 0 radical (unpaired) electrons. The molecule has 1 saturated heterocycles. The molecule has 0 aromatic heterocycles. The Bertz CT molecular complexity index is 278. The summed E-state index contributed by atoms with van der Waals surface area (Å²) in [6.07, 6.45) is 3.50. The Morgan fingerprint density at radius 2 is 2.10 bits per heavy atom. The van der Waals surface area contributed by atoms with Crippen molar-refractivity contribution in [1.82, 2.24) is 10.2 Å². The van der Waals surface area contributed by atoms with Gasteiger partial charge in [-0.3, -0.25) is 4.79 Å². The van der Waals surface area contributed by atoms with Crippen LogP contribution in [0, 0.1) is 5.92 Å². The van der Waals surface area contributed by atoms with Gasteiger partial charge in [-0.1, -0.05) is 20.3 Å². The molecule has 0 bridgehead atoms. The summed E-state index contributed by atoms with van der Waals surface area (Å²) < 4.78 is 4.93. The fourth-order valence-corrected chi connectivity index (χ4v) is 2.71. The minimum absolute atomic E-state index is 0.113. The molecule has 0 spiro atoms. The summed E-state index contributed by atoms with van der Waals surface area (Å²) in [7, 11) is 1.60. The Morgan fingerprint density at radius 1 is 1.45 bits per heavy atom. The molecular weight excluding hydrogens is 256 g/mol. The minimum Gasteiger partial charge on any atom is -0.389 e. The van der Waals surface area contributed by atoms with Gasteiger partial charge in [-0.2, -0.15) is 0 Å². The molecule has 0 saturated carbocycles. The second-order valence-electron chi connectivity index (χ2n) is 5.88. The molecule has 2 atom stereocenters. The number of carbonyl (C=O) groups is 1. The van der Waals surface area contributed by atoms with Gasteiger partial charge in [0, 0.05) is 38.7 Å². The standard InChI is InChI=1S/C15H30N2O3/c1-4-5-12(2)15(19)16-13-6-8-17(9-7-13)10-14(18)11-20-3/h12-14,18H,4-11H2,1-3H3,(H,16,19). The zero-order valence-corrected chi connectivity index (χ0v) is 13.1. The van der Waals surface area contributed by atoms with Crippen LogP contribution >= 0.6 is 0 Å². The first-order valence-electron chi connectivity index (χ1n) is 7.76. The molecule has 1 aliphatic heterocycles. The Balaban J connectivity index is 2.23. The normalized spacial score (nSPS) is 20.6. The lowest BCUT2D eigenvalue weighted by Gasteiger charge is -2.33. The molecule has 1 rings (SSSR count). The molecule has 5 nitrogen and oxygen atoms in total. The zero-order valence-electron chi connectivity index (χ0n) is 13.1. The molecule has 0 aliphatic carbocycles. The largest absolute Gasteiger partial charge is 0.389 e. The van der Waals surface area contributed by atoms with E-state index in [9.17, 15) is 9.90 Å². The molecule has 2 N–H and O–H groups in total. The van der Waals surface area contributed by atoms with Gasteiger partial charge in [0.05, 0.1) is 12.7 Å². The maximum absolute atomic E-state index is 12.0. The molecule has 1 fully saturated rings. The molecular formula is C15H30N2O3. The van der Waals surface area contributed by atoms with E-state index in [1.54, 1.807) is 7.11 Å². The molecule has 0 aromatic rings. The molecule has 20 heavy (non-hydrogen) atoms. The number of hydrogen-bond acceptors (Lipinski definition) is 4. The summed E-state index contributed by atoms with van der Waals surface area (Å²) >= 11 is 0. The number of likely N-dealkylation sites (tertiary alicyclic amines) is 1.